The highest BCUT2D eigenvalue weighted by molar-refractivity contribution is 5.19. The molecule has 4 heteroatoms. The number of furan rings is 1. The predicted octanol–water partition coefficient (Wildman–Crippen LogP) is 3.03. The van der Waals surface area contributed by atoms with Crippen molar-refractivity contribution in [3.8, 4) is 0 Å². The molecule has 0 aromatic carbocycles. The van der Waals surface area contributed by atoms with Gasteiger partial charge < -0.3 is 19.2 Å². The van der Waals surface area contributed by atoms with Crippen LogP contribution in [0.5, 0.6) is 0 Å². The number of nitrogens with one attached hydrogen (secondary N) is 1. The van der Waals surface area contributed by atoms with E-state index in [-0.39, 0.29) is 0 Å². The number of ether oxygens (including phenoxy) is 2. The van der Waals surface area contributed by atoms with E-state index < -0.39 is 0 Å². The predicted molar refractivity (Wildman–Crippen MR) is 76.2 cm³/mol. The molecule has 0 saturated carbocycles. The van der Waals surface area contributed by atoms with E-state index in [2.05, 4.69) is 32.2 Å². The fourth-order valence-corrected chi connectivity index (χ4v) is 1.75. The van der Waals surface area contributed by atoms with Crippen LogP contribution >= 0.6 is 0 Å². The van der Waals surface area contributed by atoms with Gasteiger partial charge in [0, 0.05) is 6.61 Å². The molecule has 0 aliphatic rings. The lowest BCUT2D eigenvalue weighted by Crippen LogP contribution is -2.13. The third kappa shape index (κ3) is 6.76. The first kappa shape index (κ1) is 16.2. The Morgan fingerprint density at radius 2 is 1.89 bits per heavy atom. The summed E-state index contributed by atoms with van der Waals surface area (Å²) >= 11 is 0. The minimum atomic E-state index is 0.518. The van der Waals surface area contributed by atoms with Crippen molar-refractivity contribution in [3.05, 3.63) is 23.2 Å². The Hall–Kier alpha value is -0.840. The maximum Gasteiger partial charge on any atom is 0.130 e. The minimum absolute atomic E-state index is 0.518. The van der Waals surface area contributed by atoms with Gasteiger partial charge >= 0.3 is 0 Å². The van der Waals surface area contributed by atoms with Crippen molar-refractivity contribution in [3.63, 3.8) is 0 Å². The average molecular weight is 269 g/mol. The molecule has 0 saturated heterocycles. The summed E-state index contributed by atoms with van der Waals surface area (Å²) in [5, 5.41) is 3.34. The van der Waals surface area contributed by atoms with Crippen molar-refractivity contribution in [2.24, 2.45) is 0 Å². The lowest BCUT2D eigenvalue weighted by atomic mass is 10.2. The van der Waals surface area contributed by atoms with Crippen molar-refractivity contribution in [2.75, 3.05) is 26.4 Å². The summed E-state index contributed by atoms with van der Waals surface area (Å²) < 4.78 is 16.6. The Labute approximate surface area is 116 Å². The fraction of sp³-hybridized carbons (Fsp3) is 0.733. The molecule has 0 bridgehead atoms. The molecule has 1 heterocycles. The molecule has 0 aliphatic heterocycles. The highest BCUT2D eigenvalue weighted by Gasteiger charge is 2.07. The van der Waals surface area contributed by atoms with Gasteiger partial charge in [-0.05, 0) is 37.9 Å². The minimum Gasteiger partial charge on any atom is -0.462 e. The molecular formula is C15H27NO3. The molecule has 0 atom stereocenters. The molecule has 4 nitrogen and oxygen atoms in total. The zero-order chi connectivity index (χ0) is 13.9. The quantitative estimate of drug-likeness (QED) is 0.627. The van der Waals surface area contributed by atoms with E-state index in [1.54, 1.807) is 0 Å². The van der Waals surface area contributed by atoms with E-state index in [1.165, 1.54) is 5.56 Å². The summed E-state index contributed by atoms with van der Waals surface area (Å²) in [6.07, 6.45) is 2.18. The highest BCUT2D eigenvalue weighted by Crippen LogP contribution is 2.15. The molecule has 1 aromatic heterocycles. The third-order valence-corrected chi connectivity index (χ3v) is 2.75. The Bertz CT molecular complexity index is 336. The van der Waals surface area contributed by atoms with Gasteiger partial charge in [0.1, 0.15) is 18.1 Å². The molecule has 1 aromatic rings. The van der Waals surface area contributed by atoms with Crippen LogP contribution in [-0.2, 0) is 22.6 Å². The Balaban J connectivity index is 2.21. The second kappa shape index (κ2) is 10.0. The Morgan fingerprint density at radius 1 is 1.11 bits per heavy atom. The van der Waals surface area contributed by atoms with Gasteiger partial charge in [-0.3, -0.25) is 0 Å². The van der Waals surface area contributed by atoms with Crippen molar-refractivity contribution in [1.29, 1.82) is 0 Å². The number of hydrogen-bond acceptors (Lipinski definition) is 4. The summed E-state index contributed by atoms with van der Waals surface area (Å²) in [5.74, 6) is 1.90. The van der Waals surface area contributed by atoms with Gasteiger partial charge in [-0.2, -0.15) is 0 Å². The summed E-state index contributed by atoms with van der Waals surface area (Å²) in [4.78, 5) is 0. The van der Waals surface area contributed by atoms with E-state index in [0.29, 0.717) is 19.8 Å². The summed E-state index contributed by atoms with van der Waals surface area (Å²) in [6, 6.07) is 2.05. The first-order valence-electron chi connectivity index (χ1n) is 7.22. The van der Waals surface area contributed by atoms with Crippen LogP contribution in [0.25, 0.3) is 0 Å². The van der Waals surface area contributed by atoms with Crippen LogP contribution in [0, 0.1) is 6.92 Å². The van der Waals surface area contributed by atoms with Crippen molar-refractivity contribution in [2.45, 2.75) is 46.8 Å². The maximum absolute atomic E-state index is 5.76. The maximum atomic E-state index is 5.76. The molecule has 0 unspecified atom stereocenters. The SMILES string of the molecule is CCCNCc1oc(COCCOCCC)cc1C. The van der Waals surface area contributed by atoms with Crippen molar-refractivity contribution >= 4 is 0 Å². The smallest absolute Gasteiger partial charge is 0.130 e. The summed E-state index contributed by atoms with van der Waals surface area (Å²) in [5.41, 5.74) is 1.18. The zero-order valence-electron chi connectivity index (χ0n) is 12.5. The molecule has 0 aliphatic carbocycles. The molecule has 110 valence electrons. The standard InChI is InChI=1S/C15H27NO3/c1-4-6-16-11-15-13(3)10-14(19-15)12-18-9-8-17-7-5-2/h10,16H,4-9,11-12H2,1-3H3. The molecule has 19 heavy (non-hydrogen) atoms. The topological polar surface area (TPSA) is 43.6 Å². The molecule has 0 fully saturated rings. The molecule has 1 N–H and O–H groups in total. The summed E-state index contributed by atoms with van der Waals surface area (Å²) in [6.45, 7) is 10.7. The van der Waals surface area contributed by atoms with Gasteiger partial charge in [0.2, 0.25) is 0 Å². The lowest BCUT2D eigenvalue weighted by Gasteiger charge is -2.03. The van der Waals surface area contributed by atoms with Crippen molar-refractivity contribution in [1.82, 2.24) is 5.32 Å². The first-order chi connectivity index (χ1) is 9.27. The Kier molecular flexibility index (Phi) is 8.54. The lowest BCUT2D eigenvalue weighted by molar-refractivity contribution is 0.0347. The van der Waals surface area contributed by atoms with Crippen LogP contribution < -0.4 is 5.32 Å². The summed E-state index contributed by atoms with van der Waals surface area (Å²) in [7, 11) is 0. The van der Waals surface area contributed by atoms with Crippen LogP contribution in [0.4, 0.5) is 0 Å². The van der Waals surface area contributed by atoms with Crippen LogP contribution in [0.3, 0.4) is 0 Å². The second-order valence-electron chi connectivity index (χ2n) is 4.66. The van der Waals surface area contributed by atoms with Crippen LogP contribution in [0.1, 0.15) is 43.8 Å². The van der Waals surface area contributed by atoms with E-state index in [9.17, 15) is 0 Å². The largest absolute Gasteiger partial charge is 0.462 e. The first-order valence-corrected chi connectivity index (χ1v) is 7.22. The van der Waals surface area contributed by atoms with Crippen LogP contribution in [0.2, 0.25) is 0 Å². The van der Waals surface area contributed by atoms with E-state index in [1.807, 2.05) is 0 Å². The molecule has 0 amide bonds. The van der Waals surface area contributed by atoms with Gasteiger partial charge in [0.05, 0.1) is 19.8 Å². The highest BCUT2D eigenvalue weighted by atomic mass is 16.5. The fourth-order valence-electron chi connectivity index (χ4n) is 1.75. The van der Waals surface area contributed by atoms with Crippen molar-refractivity contribution < 1.29 is 13.9 Å². The zero-order valence-corrected chi connectivity index (χ0v) is 12.5. The monoisotopic (exact) mass is 269 g/mol. The van der Waals surface area contributed by atoms with Crippen LogP contribution in [0.15, 0.2) is 10.5 Å². The molecule has 0 spiro atoms. The molecule has 0 radical (unpaired) electrons. The number of aryl methyl sites for hydroxylation is 1. The van der Waals surface area contributed by atoms with E-state index in [0.717, 1.165) is 44.1 Å². The van der Waals surface area contributed by atoms with Gasteiger partial charge in [-0.15, -0.1) is 0 Å². The van der Waals surface area contributed by atoms with E-state index in [4.69, 9.17) is 13.9 Å². The average Bonchev–Trinajstić information content (AvgIpc) is 2.75. The normalized spacial score (nSPS) is 11.1. The van der Waals surface area contributed by atoms with Gasteiger partial charge in [0.15, 0.2) is 0 Å². The Morgan fingerprint density at radius 3 is 2.63 bits per heavy atom. The molecular weight excluding hydrogens is 242 g/mol. The van der Waals surface area contributed by atoms with Gasteiger partial charge in [-0.1, -0.05) is 13.8 Å². The van der Waals surface area contributed by atoms with E-state index >= 15 is 0 Å². The number of hydrogen-bond donors (Lipinski definition) is 1. The van der Waals surface area contributed by atoms with Crippen LogP contribution in [-0.4, -0.2) is 26.4 Å². The number of rotatable bonds is 11. The third-order valence-electron chi connectivity index (χ3n) is 2.75. The van der Waals surface area contributed by atoms with Gasteiger partial charge in [-0.25, -0.2) is 0 Å². The molecule has 1 rings (SSSR count). The second-order valence-corrected chi connectivity index (χ2v) is 4.66. The van der Waals surface area contributed by atoms with Gasteiger partial charge in [0.25, 0.3) is 0 Å².